The number of nitrogens with zero attached hydrogens (tertiary/aromatic N) is 2. The summed E-state index contributed by atoms with van der Waals surface area (Å²) in [6.45, 7) is 1.02. The number of amides is 2. The topological polar surface area (TPSA) is 71.5 Å². The Hall–Kier alpha value is -2.96. The number of nitrogens with one attached hydrogen (secondary N) is 1. The van der Waals surface area contributed by atoms with Gasteiger partial charge in [0.25, 0.3) is 0 Å². The van der Waals surface area contributed by atoms with Crippen molar-refractivity contribution in [1.29, 1.82) is 0 Å². The average Bonchev–Trinajstić information content (AvgIpc) is 3.01. The first-order chi connectivity index (χ1) is 12.6. The van der Waals surface area contributed by atoms with Gasteiger partial charge in [0.1, 0.15) is 0 Å². The molecule has 0 saturated carbocycles. The Balaban J connectivity index is 1.54. The Morgan fingerprint density at radius 3 is 2.92 bits per heavy atom. The summed E-state index contributed by atoms with van der Waals surface area (Å²) in [5.41, 5.74) is 1.56. The third kappa shape index (κ3) is 4.17. The van der Waals surface area contributed by atoms with Gasteiger partial charge in [0.2, 0.25) is 11.8 Å². The second kappa shape index (κ2) is 7.95. The maximum Gasteiger partial charge on any atom is 0.225 e. The third-order valence-electron chi connectivity index (χ3n) is 4.36. The van der Waals surface area contributed by atoms with Crippen molar-refractivity contribution in [3.8, 4) is 5.75 Å². The monoisotopic (exact) mass is 357 g/mol. The number of hydrogen-bond acceptors (Lipinski definition) is 4. The van der Waals surface area contributed by atoms with E-state index in [0.29, 0.717) is 18.7 Å². The molecule has 7 heteroatoms. The van der Waals surface area contributed by atoms with E-state index in [1.165, 1.54) is 19.2 Å². The molecule has 136 valence electrons. The molecule has 2 aromatic rings. The van der Waals surface area contributed by atoms with Crippen molar-refractivity contribution in [1.82, 2.24) is 15.2 Å². The normalized spacial score (nSPS) is 16.6. The van der Waals surface area contributed by atoms with E-state index in [0.717, 1.165) is 5.56 Å². The molecular formula is C19H20FN3O3. The molecule has 1 atom stereocenters. The lowest BCUT2D eigenvalue weighted by Crippen LogP contribution is -2.32. The predicted molar refractivity (Wildman–Crippen MR) is 92.6 cm³/mol. The average molecular weight is 357 g/mol. The summed E-state index contributed by atoms with van der Waals surface area (Å²) in [7, 11) is 1.40. The molecule has 6 nitrogen and oxygen atoms in total. The molecule has 1 N–H and O–H groups in total. The van der Waals surface area contributed by atoms with Gasteiger partial charge in [0, 0.05) is 38.4 Å². The van der Waals surface area contributed by atoms with Crippen LogP contribution in [0.3, 0.4) is 0 Å². The van der Waals surface area contributed by atoms with Crippen LogP contribution in [-0.2, 0) is 22.7 Å². The van der Waals surface area contributed by atoms with Gasteiger partial charge in [-0.05, 0) is 29.3 Å². The van der Waals surface area contributed by atoms with E-state index in [1.807, 2.05) is 12.1 Å². The van der Waals surface area contributed by atoms with E-state index >= 15 is 0 Å². The summed E-state index contributed by atoms with van der Waals surface area (Å²) in [6.07, 6.45) is 3.57. The number of hydrogen-bond donors (Lipinski definition) is 1. The van der Waals surface area contributed by atoms with Crippen molar-refractivity contribution in [2.45, 2.75) is 19.5 Å². The van der Waals surface area contributed by atoms with Gasteiger partial charge in [-0.1, -0.05) is 12.1 Å². The molecule has 1 fully saturated rings. The van der Waals surface area contributed by atoms with Crippen LogP contribution in [0, 0.1) is 11.7 Å². The summed E-state index contributed by atoms with van der Waals surface area (Å²) in [5, 5.41) is 2.77. The molecule has 0 radical (unpaired) electrons. The second-order valence-corrected chi connectivity index (χ2v) is 6.22. The molecular weight excluding hydrogens is 337 g/mol. The number of carbonyl (C=O) groups is 2. The zero-order chi connectivity index (χ0) is 18.5. The first-order valence-corrected chi connectivity index (χ1v) is 8.33. The molecule has 1 saturated heterocycles. The summed E-state index contributed by atoms with van der Waals surface area (Å²) in [6, 6.07) is 8.25. The molecule has 26 heavy (non-hydrogen) atoms. The highest BCUT2D eigenvalue weighted by Crippen LogP contribution is 2.21. The van der Waals surface area contributed by atoms with Crippen LogP contribution in [0.1, 0.15) is 17.5 Å². The maximum absolute atomic E-state index is 13.7. The summed E-state index contributed by atoms with van der Waals surface area (Å²) in [4.78, 5) is 30.2. The van der Waals surface area contributed by atoms with Gasteiger partial charge in [-0.25, -0.2) is 4.39 Å². The van der Waals surface area contributed by atoms with Crippen LogP contribution in [0.15, 0.2) is 42.7 Å². The van der Waals surface area contributed by atoms with E-state index < -0.39 is 11.7 Å². The summed E-state index contributed by atoms with van der Waals surface area (Å²) in [5.74, 6) is -0.972. The van der Waals surface area contributed by atoms with Crippen LogP contribution in [0.2, 0.25) is 0 Å². The highest BCUT2D eigenvalue weighted by Gasteiger charge is 2.34. The first-order valence-electron chi connectivity index (χ1n) is 8.33. The van der Waals surface area contributed by atoms with E-state index in [-0.39, 0.29) is 30.5 Å². The van der Waals surface area contributed by atoms with Gasteiger partial charge in [-0.15, -0.1) is 0 Å². The smallest absolute Gasteiger partial charge is 0.225 e. The van der Waals surface area contributed by atoms with Crippen molar-refractivity contribution < 1.29 is 18.7 Å². The Morgan fingerprint density at radius 1 is 1.38 bits per heavy atom. The number of rotatable bonds is 6. The Bertz CT molecular complexity index is 798. The third-order valence-corrected chi connectivity index (χ3v) is 4.36. The van der Waals surface area contributed by atoms with Crippen molar-refractivity contribution in [2.24, 2.45) is 5.92 Å². The first kappa shape index (κ1) is 17.8. The lowest BCUT2D eigenvalue weighted by Gasteiger charge is -2.16. The fraction of sp³-hybridized carbons (Fsp3) is 0.316. The molecule has 1 aliphatic rings. The van der Waals surface area contributed by atoms with E-state index in [2.05, 4.69) is 10.3 Å². The standard InChI is InChI=1S/C19H20FN3O3/c1-26-17-5-4-13(7-16(17)20)10-22-19(25)15-8-18(24)23(12-15)11-14-3-2-6-21-9-14/h2-7,9,15H,8,10-12H2,1H3,(H,22,25). The zero-order valence-electron chi connectivity index (χ0n) is 14.4. The summed E-state index contributed by atoms with van der Waals surface area (Å²) >= 11 is 0. The van der Waals surface area contributed by atoms with Crippen LogP contribution < -0.4 is 10.1 Å². The van der Waals surface area contributed by atoms with Gasteiger partial charge in [0.05, 0.1) is 13.0 Å². The van der Waals surface area contributed by atoms with Gasteiger partial charge < -0.3 is 15.0 Å². The van der Waals surface area contributed by atoms with Gasteiger partial charge in [0.15, 0.2) is 11.6 Å². The quantitative estimate of drug-likeness (QED) is 0.857. The molecule has 1 aromatic carbocycles. The SMILES string of the molecule is COc1ccc(CNC(=O)C2CC(=O)N(Cc3cccnc3)C2)cc1F. The highest BCUT2D eigenvalue weighted by atomic mass is 19.1. The van der Waals surface area contributed by atoms with Crippen LogP contribution >= 0.6 is 0 Å². The Kier molecular flexibility index (Phi) is 5.46. The van der Waals surface area contributed by atoms with Crippen LogP contribution in [0.25, 0.3) is 0 Å². The lowest BCUT2D eigenvalue weighted by molar-refractivity contribution is -0.129. The number of likely N-dealkylation sites (tertiary alicyclic amines) is 1. The Morgan fingerprint density at radius 2 is 2.23 bits per heavy atom. The van der Waals surface area contributed by atoms with Gasteiger partial charge in [-0.3, -0.25) is 14.6 Å². The molecule has 3 rings (SSSR count). The summed E-state index contributed by atoms with van der Waals surface area (Å²) < 4.78 is 18.6. The fourth-order valence-electron chi connectivity index (χ4n) is 2.97. The van der Waals surface area contributed by atoms with E-state index in [4.69, 9.17) is 4.74 Å². The number of halogens is 1. The number of pyridine rings is 1. The van der Waals surface area contributed by atoms with Crippen LogP contribution in [-0.4, -0.2) is 35.4 Å². The number of aromatic nitrogens is 1. The molecule has 0 bridgehead atoms. The number of benzene rings is 1. The highest BCUT2D eigenvalue weighted by molar-refractivity contribution is 5.89. The second-order valence-electron chi connectivity index (χ2n) is 6.22. The van der Waals surface area contributed by atoms with Gasteiger partial charge in [-0.2, -0.15) is 0 Å². The predicted octanol–water partition coefficient (Wildman–Crippen LogP) is 1.89. The molecule has 2 heterocycles. The molecule has 1 aromatic heterocycles. The molecule has 1 aliphatic heterocycles. The van der Waals surface area contributed by atoms with Crippen molar-refractivity contribution in [3.05, 3.63) is 59.7 Å². The molecule has 0 aliphatic carbocycles. The van der Waals surface area contributed by atoms with Crippen molar-refractivity contribution in [2.75, 3.05) is 13.7 Å². The van der Waals surface area contributed by atoms with Crippen molar-refractivity contribution >= 4 is 11.8 Å². The number of methoxy groups -OCH3 is 1. The molecule has 1 unspecified atom stereocenters. The Labute approximate surface area is 151 Å². The van der Waals surface area contributed by atoms with Crippen LogP contribution in [0.5, 0.6) is 5.75 Å². The maximum atomic E-state index is 13.7. The van der Waals surface area contributed by atoms with E-state index in [1.54, 1.807) is 23.4 Å². The fourth-order valence-corrected chi connectivity index (χ4v) is 2.97. The number of carbonyl (C=O) groups excluding carboxylic acids is 2. The minimum Gasteiger partial charge on any atom is -0.494 e. The largest absolute Gasteiger partial charge is 0.494 e. The van der Waals surface area contributed by atoms with Crippen molar-refractivity contribution in [3.63, 3.8) is 0 Å². The number of ether oxygens (including phenoxy) is 1. The minimum absolute atomic E-state index is 0.0514. The molecule has 2 amide bonds. The van der Waals surface area contributed by atoms with E-state index in [9.17, 15) is 14.0 Å². The van der Waals surface area contributed by atoms with Gasteiger partial charge >= 0.3 is 0 Å². The minimum atomic E-state index is -0.474. The zero-order valence-corrected chi connectivity index (χ0v) is 14.4. The lowest BCUT2D eigenvalue weighted by atomic mass is 10.1. The van der Waals surface area contributed by atoms with Crippen LogP contribution in [0.4, 0.5) is 4.39 Å². The molecule has 0 spiro atoms.